The van der Waals surface area contributed by atoms with Gasteiger partial charge in [-0.05, 0) is 38.4 Å². The van der Waals surface area contributed by atoms with Crippen molar-refractivity contribution in [1.82, 2.24) is 14.9 Å². The quantitative estimate of drug-likeness (QED) is 0.432. The second-order valence-corrected chi connectivity index (χ2v) is 9.15. The number of fused-ring (bicyclic) bond motifs is 1. The Labute approximate surface area is 218 Å². The molecule has 0 radical (unpaired) electrons. The van der Waals surface area contributed by atoms with Crippen molar-refractivity contribution in [3.8, 4) is 6.01 Å². The van der Waals surface area contributed by atoms with Gasteiger partial charge in [-0.2, -0.15) is 9.97 Å². The molecule has 1 aromatic carbocycles. The van der Waals surface area contributed by atoms with Gasteiger partial charge in [0, 0.05) is 55.8 Å². The van der Waals surface area contributed by atoms with Gasteiger partial charge in [-0.25, -0.2) is 0 Å². The summed E-state index contributed by atoms with van der Waals surface area (Å²) in [7, 11) is 2.16. The van der Waals surface area contributed by atoms with E-state index in [1.54, 1.807) is 0 Å². The Morgan fingerprint density at radius 2 is 1.69 bits per heavy atom. The lowest BCUT2D eigenvalue weighted by atomic mass is 10.00. The van der Waals surface area contributed by atoms with Crippen LogP contribution in [-0.4, -0.2) is 67.5 Å². The Balaban J connectivity index is 0.000000850. The molecule has 0 aliphatic carbocycles. The van der Waals surface area contributed by atoms with Crippen molar-refractivity contribution in [2.24, 2.45) is 0 Å². The van der Waals surface area contributed by atoms with E-state index in [4.69, 9.17) is 25.8 Å². The normalized spacial score (nSPS) is 15.2. The second kappa shape index (κ2) is 14.6. The lowest BCUT2D eigenvalue weighted by Gasteiger charge is -2.37. The predicted molar refractivity (Wildman–Crippen MR) is 153 cm³/mol. The van der Waals surface area contributed by atoms with Gasteiger partial charge >= 0.3 is 6.01 Å². The predicted octanol–water partition coefficient (Wildman–Crippen LogP) is 4.91. The Bertz CT molecular complexity index is 971. The van der Waals surface area contributed by atoms with Crippen molar-refractivity contribution in [2.45, 2.75) is 67.3 Å². The van der Waals surface area contributed by atoms with E-state index in [1.807, 2.05) is 26.0 Å². The van der Waals surface area contributed by atoms with Crippen molar-refractivity contribution in [2.75, 3.05) is 61.9 Å². The van der Waals surface area contributed by atoms with Gasteiger partial charge in [0.1, 0.15) is 5.82 Å². The minimum absolute atomic E-state index is 0.466. The fourth-order valence-electron chi connectivity index (χ4n) is 4.42. The molecule has 1 aromatic heterocycles. The number of aromatic nitrogens is 2. The van der Waals surface area contributed by atoms with E-state index in [0.29, 0.717) is 24.8 Å². The molecule has 2 aliphatic heterocycles. The number of piperazine rings is 1. The summed E-state index contributed by atoms with van der Waals surface area (Å²) in [4.78, 5) is 16.7. The molecule has 3 N–H and O–H groups in total. The fraction of sp³-hybridized carbons (Fsp3) is 0.607. The van der Waals surface area contributed by atoms with Crippen molar-refractivity contribution in [3.63, 3.8) is 0 Å². The molecule has 200 valence electrons. The molecule has 0 spiro atoms. The number of hydrogen-bond acceptors (Lipinski definition) is 8. The first kappa shape index (κ1) is 29.4. The van der Waals surface area contributed by atoms with Crippen LogP contribution in [0.1, 0.15) is 69.8 Å². The van der Waals surface area contributed by atoms with Gasteiger partial charge in [0.2, 0.25) is 0 Å². The first-order valence-corrected chi connectivity index (χ1v) is 13.5. The van der Waals surface area contributed by atoms with Gasteiger partial charge in [0.25, 0.3) is 0 Å². The molecule has 2 aliphatic rings. The number of anilines is 3. The van der Waals surface area contributed by atoms with Gasteiger partial charge in [0.15, 0.2) is 0 Å². The van der Waals surface area contributed by atoms with E-state index < -0.39 is 0 Å². The average Bonchev–Trinajstić information content (AvgIpc) is 2.90. The lowest BCUT2D eigenvalue weighted by Crippen LogP contribution is -2.46. The number of benzene rings is 1. The number of hydrogen-bond donors (Lipinski definition) is 2. The maximum atomic E-state index is 7.89. The fourth-order valence-corrected chi connectivity index (χ4v) is 4.42. The van der Waals surface area contributed by atoms with Crippen LogP contribution >= 0.6 is 0 Å². The van der Waals surface area contributed by atoms with E-state index in [0.717, 1.165) is 73.9 Å². The number of nitrogen functional groups attached to an aromatic ring is 1. The van der Waals surface area contributed by atoms with Crippen LogP contribution in [0.2, 0.25) is 0 Å². The molecule has 0 saturated carbocycles. The Kier molecular flexibility index (Phi) is 11.9. The van der Waals surface area contributed by atoms with Crippen LogP contribution in [0.5, 0.6) is 6.01 Å². The zero-order chi connectivity index (χ0) is 26.7. The smallest absolute Gasteiger partial charge is 0.318 e. The molecular formula is C28H47N7O. The van der Waals surface area contributed by atoms with Crippen LogP contribution in [0.15, 0.2) is 12.1 Å². The van der Waals surface area contributed by atoms with Gasteiger partial charge < -0.3 is 30.6 Å². The summed E-state index contributed by atoms with van der Waals surface area (Å²) >= 11 is 0. The standard InChI is InChI=1S/C23H33N7O.C3H8.C2H6/c1-4-13-31-23-26-20-15-30(21-16(2)5-6-19(25)18(21)14-24)8-7-17(20)22(27-23)29-11-9-28(3)10-12-29;1-3-2;1-2/h5-6,14,24H,4,7-13,15,25H2,1-3H3;3H2,1-2H3;1-2H3. The third-order valence-corrected chi connectivity index (χ3v) is 6.17. The molecule has 0 unspecified atom stereocenters. The van der Waals surface area contributed by atoms with Crippen LogP contribution in [0.25, 0.3) is 0 Å². The molecule has 3 heterocycles. The molecule has 4 rings (SSSR count). The number of aryl methyl sites for hydroxylation is 1. The maximum absolute atomic E-state index is 7.89. The van der Waals surface area contributed by atoms with E-state index in [1.165, 1.54) is 18.2 Å². The maximum Gasteiger partial charge on any atom is 0.318 e. The number of likely N-dealkylation sites (N-methyl/N-ethyl adjacent to an activating group) is 1. The van der Waals surface area contributed by atoms with E-state index in [9.17, 15) is 0 Å². The summed E-state index contributed by atoms with van der Waals surface area (Å²) in [6, 6.07) is 4.37. The molecule has 36 heavy (non-hydrogen) atoms. The molecule has 1 saturated heterocycles. The number of nitrogens with two attached hydrogens (primary N) is 1. The second-order valence-electron chi connectivity index (χ2n) is 9.15. The zero-order valence-electron chi connectivity index (χ0n) is 23.5. The van der Waals surface area contributed by atoms with Crippen LogP contribution in [0, 0.1) is 12.3 Å². The summed E-state index contributed by atoms with van der Waals surface area (Å²) in [6.45, 7) is 18.5. The highest BCUT2D eigenvalue weighted by Gasteiger charge is 2.28. The summed E-state index contributed by atoms with van der Waals surface area (Å²) in [5.74, 6) is 1.03. The van der Waals surface area contributed by atoms with Gasteiger partial charge in [-0.1, -0.05) is 47.1 Å². The summed E-state index contributed by atoms with van der Waals surface area (Å²) in [5.41, 5.74) is 12.0. The minimum atomic E-state index is 0.466. The average molecular weight is 498 g/mol. The molecular weight excluding hydrogens is 450 g/mol. The highest BCUT2D eigenvalue weighted by molar-refractivity contribution is 5.94. The monoisotopic (exact) mass is 497 g/mol. The molecule has 8 nitrogen and oxygen atoms in total. The third-order valence-electron chi connectivity index (χ3n) is 6.17. The molecule has 0 bridgehead atoms. The van der Waals surface area contributed by atoms with Gasteiger partial charge in [-0.3, -0.25) is 0 Å². The zero-order valence-corrected chi connectivity index (χ0v) is 23.5. The lowest BCUT2D eigenvalue weighted by molar-refractivity contribution is 0.288. The van der Waals surface area contributed by atoms with E-state index >= 15 is 0 Å². The largest absolute Gasteiger partial charge is 0.463 e. The molecule has 0 atom stereocenters. The minimum Gasteiger partial charge on any atom is -0.463 e. The Morgan fingerprint density at radius 1 is 1.03 bits per heavy atom. The van der Waals surface area contributed by atoms with E-state index in [2.05, 4.69) is 49.4 Å². The number of nitrogens with zero attached hydrogens (tertiary/aromatic N) is 5. The molecule has 8 heteroatoms. The summed E-state index contributed by atoms with van der Waals surface area (Å²) in [6.07, 6.45) is 4.39. The van der Waals surface area contributed by atoms with Crippen molar-refractivity contribution in [3.05, 3.63) is 34.5 Å². The highest BCUT2D eigenvalue weighted by atomic mass is 16.5. The van der Waals surface area contributed by atoms with Crippen molar-refractivity contribution in [1.29, 1.82) is 5.41 Å². The van der Waals surface area contributed by atoms with Crippen LogP contribution in [0.4, 0.5) is 17.2 Å². The van der Waals surface area contributed by atoms with Crippen LogP contribution in [-0.2, 0) is 13.0 Å². The van der Waals surface area contributed by atoms with E-state index in [-0.39, 0.29) is 0 Å². The number of ether oxygens (including phenoxy) is 1. The Hall–Kier alpha value is -2.87. The van der Waals surface area contributed by atoms with Gasteiger partial charge in [-0.15, -0.1) is 0 Å². The first-order chi connectivity index (χ1) is 17.4. The molecule has 2 aromatic rings. The van der Waals surface area contributed by atoms with Gasteiger partial charge in [0.05, 0.1) is 24.5 Å². The number of nitrogens with one attached hydrogen (secondary N) is 1. The first-order valence-electron chi connectivity index (χ1n) is 13.5. The number of rotatable bonds is 6. The topological polar surface area (TPSA) is 94.6 Å². The van der Waals surface area contributed by atoms with Crippen molar-refractivity contribution < 1.29 is 4.74 Å². The molecule has 1 fully saturated rings. The van der Waals surface area contributed by atoms with Crippen LogP contribution < -0.4 is 20.3 Å². The Morgan fingerprint density at radius 3 is 2.31 bits per heavy atom. The van der Waals surface area contributed by atoms with Crippen LogP contribution in [0.3, 0.4) is 0 Å². The van der Waals surface area contributed by atoms with Crippen molar-refractivity contribution >= 4 is 23.4 Å². The molecule has 0 amide bonds. The third kappa shape index (κ3) is 7.09. The highest BCUT2D eigenvalue weighted by Crippen LogP contribution is 2.35. The summed E-state index contributed by atoms with van der Waals surface area (Å²) < 4.78 is 5.87. The SMILES string of the molecule is CC.CCC.CCCOc1nc2c(c(N3CCN(C)CC3)n1)CCN(c1c(C)ccc(N)c1C=N)C2. The summed E-state index contributed by atoms with van der Waals surface area (Å²) in [5, 5.41) is 7.89.